The van der Waals surface area contributed by atoms with Gasteiger partial charge in [-0.2, -0.15) is 5.10 Å². The van der Waals surface area contributed by atoms with Crippen LogP contribution < -0.4 is 5.56 Å². The summed E-state index contributed by atoms with van der Waals surface area (Å²) in [6, 6.07) is 3.30. The van der Waals surface area contributed by atoms with Crippen LogP contribution in [0.1, 0.15) is 44.9 Å². The molecule has 1 aromatic rings. The molecule has 2 heterocycles. The van der Waals surface area contributed by atoms with Gasteiger partial charge in [-0.15, -0.1) is 0 Å². The van der Waals surface area contributed by atoms with E-state index in [9.17, 15) is 9.59 Å². The standard InChI is InChI=1S/C16H23N3O2/c20-15-8-3-9-17-19(15)12-14-7-4-10-18(14)16(21)11-13-5-1-2-6-13/h3,8-9,13-14H,1-2,4-7,10-12H2. The number of aromatic nitrogens is 2. The number of nitrogens with zero attached hydrogens (tertiary/aromatic N) is 3. The second-order valence-electron chi connectivity index (χ2n) is 6.28. The van der Waals surface area contributed by atoms with Crippen LogP contribution in [-0.4, -0.2) is 33.2 Å². The van der Waals surface area contributed by atoms with Crippen LogP contribution in [0.5, 0.6) is 0 Å². The molecule has 5 heteroatoms. The van der Waals surface area contributed by atoms with Crippen LogP contribution >= 0.6 is 0 Å². The molecule has 1 aliphatic carbocycles. The monoisotopic (exact) mass is 289 g/mol. The summed E-state index contributed by atoms with van der Waals surface area (Å²) in [5.74, 6) is 0.852. The Bertz CT molecular complexity index is 548. The van der Waals surface area contributed by atoms with Crippen LogP contribution in [0.15, 0.2) is 23.1 Å². The van der Waals surface area contributed by atoms with Gasteiger partial charge in [0.1, 0.15) is 0 Å². The maximum Gasteiger partial charge on any atom is 0.266 e. The van der Waals surface area contributed by atoms with Crippen molar-refractivity contribution in [2.75, 3.05) is 6.54 Å². The Balaban J connectivity index is 1.63. The summed E-state index contributed by atoms with van der Waals surface area (Å²) in [4.78, 5) is 26.2. The SMILES string of the molecule is O=C(CC1CCCC1)N1CCCC1Cn1ncccc1=O. The summed E-state index contributed by atoms with van der Waals surface area (Å²) in [5, 5.41) is 4.11. The van der Waals surface area contributed by atoms with E-state index in [2.05, 4.69) is 5.10 Å². The van der Waals surface area contributed by atoms with Gasteiger partial charge in [0.25, 0.3) is 5.56 Å². The summed E-state index contributed by atoms with van der Waals surface area (Å²) in [6.45, 7) is 1.36. The molecule has 0 aromatic carbocycles. The molecular formula is C16H23N3O2. The topological polar surface area (TPSA) is 55.2 Å². The number of hydrogen-bond acceptors (Lipinski definition) is 3. The highest BCUT2D eigenvalue weighted by Gasteiger charge is 2.31. The van der Waals surface area contributed by atoms with Crippen LogP contribution in [0.2, 0.25) is 0 Å². The van der Waals surface area contributed by atoms with E-state index in [1.165, 1.54) is 36.4 Å². The number of likely N-dealkylation sites (tertiary alicyclic amines) is 1. The maximum absolute atomic E-state index is 12.5. The lowest BCUT2D eigenvalue weighted by atomic mass is 10.0. The highest BCUT2D eigenvalue weighted by molar-refractivity contribution is 5.77. The third-order valence-corrected chi connectivity index (χ3v) is 4.80. The lowest BCUT2D eigenvalue weighted by Crippen LogP contribution is -2.40. The van der Waals surface area contributed by atoms with E-state index in [4.69, 9.17) is 0 Å². The van der Waals surface area contributed by atoms with Crippen molar-refractivity contribution in [1.29, 1.82) is 0 Å². The van der Waals surface area contributed by atoms with Crippen molar-refractivity contribution in [3.63, 3.8) is 0 Å². The number of carbonyl (C=O) groups excluding carboxylic acids is 1. The molecule has 1 atom stereocenters. The molecule has 3 rings (SSSR count). The van der Waals surface area contributed by atoms with Gasteiger partial charge in [0.2, 0.25) is 5.91 Å². The number of rotatable bonds is 4. The fraction of sp³-hybridized carbons (Fsp3) is 0.688. The van der Waals surface area contributed by atoms with Crippen LogP contribution in [0, 0.1) is 5.92 Å². The molecule has 1 saturated carbocycles. The Morgan fingerprint density at radius 1 is 1.24 bits per heavy atom. The quantitative estimate of drug-likeness (QED) is 0.849. The molecule has 1 unspecified atom stereocenters. The molecule has 0 spiro atoms. The Morgan fingerprint density at radius 3 is 2.81 bits per heavy atom. The van der Waals surface area contributed by atoms with Crippen LogP contribution in [0.3, 0.4) is 0 Å². The van der Waals surface area contributed by atoms with Crippen molar-refractivity contribution in [3.05, 3.63) is 28.7 Å². The predicted molar refractivity (Wildman–Crippen MR) is 79.8 cm³/mol. The minimum atomic E-state index is -0.0902. The minimum Gasteiger partial charge on any atom is -0.338 e. The van der Waals surface area contributed by atoms with Gasteiger partial charge in [0, 0.05) is 25.2 Å². The summed E-state index contributed by atoms with van der Waals surface area (Å²) < 4.78 is 1.48. The molecular weight excluding hydrogens is 266 g/mol. The highest BCUT2D eigenvalue weighted by Crippen LogP contribution is 2.29. The van der Waals surface area contributed by atoms with E-state index < -0.39 is 0 Å². The first kappa shape index (κ1) is 14.3. The third kappa shape index (κ3) is 3.34. The predicted octanol–water partition coefficient (Wildman–Crippen LogP) is 1.81. The molecule has 1 aliphatic heterocycles. The molecule has 1 saturated heterocycles. The van der Waals surface area contributed by atoms with Crippen molar-refractivity contribution in [1.82, 2.24) is 14.7 Å². The molecule has 2 aliphatic rings. The van der Waals surface area contributed by atoms with Gasteiger partial charge in [-0.05, 0) is 37.7 Å². The second-order valence-corrected chi connectivity index (χ2v) is 6.28. The van der Waals surface area contributed by atoms with Crippen molar-refractivity contribution in [2.45, 2.75) is 57.5 Å². The van der Waals surface area contributed by atoms with Gasteiger partial charge in [0.05, 0.1) is 12.6 Å². The fourth-order valence-electron chi connectivity index (χ4n) is 3.66. The van der Waals surface area contributed by atoms with E-state index in [1.807, 2.05) is 4.90 Å². The molecule has 0 bridgehead atoms. The molecule has 0 radical (unpaired) electrons. The lowest BCUT2D eigenvalue weighted by Gasteiger charge is -2.26. The summed E-state index contributed by atoms with van der Waals surface area (Å²) in [7, 11) is 0. The van der Waals surface area contributed by atoms with E-state index >= 15 is 0 Å². The Kier molecular flexibility index (Phi) is 4.36. The van der Waals surface area contributed by atoms with Gasteiger partial charge in [-0.3, -0.25) is 9.59 Å². The highest BCUT2D eigenvalue weighted by atomic mass is 16.2. The van der Waals surface area contributed by atoms with Crippen LogP contribution in [0.25, 0.3) is 0 Å². The van der Waals surface area contributed by atoms with Gasteiger partial charge in [-0.1, -0.05) is 12.8 Å². The van der Waals surface area contributed by atoms with Gasteiger partial charge < -0.3 is 4.90 Å². The van der Waals surface area contributed by atoms with Crippen molar-refractivity contribution in [3.8, 4) is 0 Å². The minimum absolute atomic E-state index is 0.0902. The van der Waals surface area contributed by atoms with Gasteiger partial charge in [0.15, 0.2) is 0 Å². The average molecular weight is 289 g/mol. The normalized spacial score (nSPS) is 22.9. The fourth-order valence-corrected chi connectivity index (χ4v) is 3.66. The largest absolute Gasteiger partial charge is 0.338 e. The maximum atomic E-state index is 12.5. The first-order valence-corrected chi connectivity index (χ1v) is 8.05. The van der Waals surface area contributed by atoms with E-state index in [-0.39, 0.29) is 17.5 Å². The summed E-state index contributed by atoms with van der Waals surface area (Å²) >= 11 is 0. The average Bonchev–Trinajstić information content (AvgIpc) is 3.12. The van der Waals surface area contributed by atoms with Gasteiger partial charge in [-0.25, -0.2) is 4.68 Å². The molecule has 1 aromatic heterocycles. The summed E-state index contributed by atoms with van der Waals surface area (Å²) in [5.41, 5.74) is -0.0902. The van der Waals surface area contributed by atoms with Crippen molar-refractivity contribution in [2.24, 2.45) is 5.92 Å². The second kappa shape index (κ2) is 6.41. The summed E-state index contributed by atoms with van der Waals surface area (Å²) in [6.07, 6.45) is 9.25. The Labute approximate surface area is 124 Å². The first-order valence-electron chi connectivity index (χ1n) is 8.05. The lowest BCUT2D eigenvalue weighted by molar-refractivity contribution is -0.133. The van der Waals surface area contributed by atoms with Crippen molar-refractivity contribution >= 4 is 5.91 Å². The van der Waals surface area contributed by atoms with Crippen molar-refractivity contribution < 1.29 is 4.79 Å². The molecule has 1 amide bonds. The van der Waals surface area contributed by atoms with E-state index in [1.54, 1.807) is 12.3 Å². The first-order chi connectivity index (χ1) is 10.2. The third-order valence-electron chi connectivity index (χ3n) is 4.80. The number of hydrogen-bond donors (Lipinski definition) is 0. The zero-order valence-corrected chi connectivity index (χ0v) is 12.4. The number of amides is 1. The molecule has 5 nitrogen and oxygen atoms in total. The van der Waals surface area contributed by atoms with Crippen LogP contribution in [-0.2, 0) is 11.3 Å². The smallest absolute Gasteiger partial charge is 0.266 e. The molecule has 21 heavy (non-hydrogen) atoms. The van der Waals surface area contributed by atoms with Gasteiger partial charge >= 0.3 is 0 Å². The van der Waals surface area contributed by atoms with E-state index in [0.717, 1.165) is 19.4 Å². The van der Waals surface area contributed by atoms with E-state index in [0.29, 0.717) is 18.9 Å². The molecule has 2 fully saturated rings. The molecule has 0 N–H and O–H groups in total. The Hall–Kier alpha value is -1.65. The number of carbonyl (C=O) groups is 1. The zero-order chi connectivity index (χ0) is 14.7. The molecule has 114 valence electrons. The zero-order valence-electron chi connectivity index (χ0n) is 12.4. The Morgan fingerprint density at radius 2 is 2.05 bits per heavy atom. The van der Waals surface area contributed by atoms with Crippen LogP contribution in [0.4, 0.5) is 0 Å².